The summed E-state index contributed by atoms with van der Waals surface area (Å²) in [5.74, 6) is 0.987. The molecule has 3 aromatic rings. The fraction of sp³-hybridized carbons (Fsp3) is 0.167. The van der Waals surface area contributed by atoms with Gasteiger partial charge in [-0.1, -0.05) is 41.6 Å². The van der Waals surface area contributed by atoms with Crippen LogP contribution in [0.1, 0.15) is 18.1 Å². The normalized spacial score (nSPS) is 16.6. The Balaban J connectivity index is 1.81. The summed E-state index contributed by atoms with van der Waals surface area (Å²) in [6, 6.07) is 15.3. The molecule has 1 aliphatic rings. The van der Waals surface area contributed by atoms with E-state index in [0.717, 1.165) is 27.8 Å². The van der Waals surface area contributed by atoms with E-state index in [4.69, 9.17) is 5.10 Å². The van der Waals surface area contributed by atoms with Crippen LogP contribution in [0.2, 0.25) is 0 Å². The maximum atomic E-state index is 9.49. The molecule has 6 heteroatoms. The molecular weight excluding hydrogens is 320 g/mol. The molecule has 0 radical (unpaired) electrons. The van der Waals surface area contributed by atoms with E-state index >= 15 is 0 Å². The van der Waals surface area contributed by atoms with Gasteiger partial charge in [0.1, 0.15) is 5.75 Å². The van der Waals surface area contributed by atoms with E-state index in [2.05, 4.69) is 36.2 Å². The minimum absolute atomic E-state index is 0.164. The Morgan fingerprint density at radius 2 is 1.62 bits per heavy atom. The van der Waals surface area contributed by atoms with Crippen molar-refractivity contribution in [3.63, 3.8) is 0 Å². The predicted octanol–water partition coefficient (Wildman–Crippen LogP) is 3.71. The van der Waals surface area contributed by atoms with Crippen LogP contribution >= 0.6 is 11.8 Å². The molecule has 1 aromatic heterocycles. The predicted molar refractivity (Wildman–Crippen MR) is 95.6 cm³/mol. The van der Waals surface area contributed by atoms with Crippen molar-refractivity contribution in [2.45, 2.75) is 24.3 Å². The third-order valence-corrected chi connectivity index (χ3v) is 5.00. The van der Waals surface area contributed by atoms with Crippen molar-refractivity contribution >= 4 is 17.5 Å². The van der Waals surface area contributed by atoms with E-state index in [9.17, 15) is 5.11 Å². The highest BCUT2D eigenvalue weighted by molar-refractivity contribution is 8.00. The summed E-state index contributed by atoms with van der Waals surface area (Å²) in [5, 5.41) is 23.8. The van der Waals surface area contributed by atoms with Gasteiger partial charge in [-0.15, -0.1) is 10.2 Å². The summed E-state index contributed by atoms with van der Waals surface area (Å²) in [6.45, 7) is 4.15. The number of hydrogen-bond acceptors (Lipinski definition) is 5. The zero-order valence-corrected chi connectivity index (χ0v) is 14.2. The molecule has 0 saturated heterocycles. The lowest BCUT2D eigenvalue weighted by Crippen LogP contribution is -2.21. The largest absolute Gasteiger partial charge is 0.508 e. The number of aromatic hydroxyl groups is 1. The SMILES string of the molecule is Cc1ccc(-c2nnc3n2N=C(c2ccc(O)cc2)[C@H](C)S3)cc1. The molecule has 24 heavy (non-hydrogen) atoms. The van der Waals surface area contributed by atoms with Gasteiger partial charge in [0.2, 0.25) is 5.16 Å². The van der Waals surface area contributed by atoms with Crippen molar-refractivity contribution in [2.75, 3.05) is 0 Å². The number of thioether (sulfide) groups is 1. The molecule has 120 valence electrons. The van der Waals surface area contributed by atoms with Crippen molar-refractivity contribution in [1.29, 1.82) is 0 Å². The van der Waals surface area contributed by atoms with E-state index in [0.29, 0.717) is 0 Å². The smallest absolute Gasteiger partial charge is 0.213 e. The first-order chi connectivity index (χ1) is 11.6. The number of aromatic nitrogens is 3. The number of benzene rings is 2. The molecule has 0 fully saturated rings. The molecule has 1 aliphatic heterocycles. The standard InChI is InChI=1S/C18H16N4OS/c1-11-3-5-14(6-4-11)17-19-20-18-22(17)21-16(12(2)24-18)13-7-9-15(23)10-8-13/h3-10,12,23H,1-2H3/t12-/m0/s1. The Bertz CT molecular complexity index is 913. The van der Waals surface area contributed by atoms with Gasteiger partial charge in [0.15, 0.2) is 5.82 Å². The van der Waals surface area contributed by atoms with Crippen LogP contribution in [0.25, 0.3) is 11.4 Å². The molecule has 0 aliphatic carbocycles. The molecule has 0 amide bonds. The third-order valence-electron chi connectivity index (χ3n) is 3.96. The molecule has 4 rings (SSSR count). The highest BCUT2D eigenvalue weighted by Crippen LogP contribution is 2.33. The fourth-order valence-electron chi connectivity index (χ4n) is 2.64. The van der Waals surface area contributed by atoms with Gasteiger partial charge in [-0.05, 0) is 43.7 Å². The molecule has 1 atom stereocenters. The second kappa shape index (κ2) is 5.79. The average Bonchev–Trinajstić information content (AvgIpc) is 2.98. The van der Waals surface area contributed by atoms with Crippen LogP contribution < -0.4 is 0 Å². The number of fused-ring (bicyclic) bond motifs is 1. The molecule has 5 nitrogen and oxygen atoms in total. The van der Waals surface area contributed by atoms with Crippen LogP contribution in [0, 0.1) is 6.92 Å². The molecular formula is C18H16N4OS. The number of nitrogens with zero attached hydrogens (tertiary/aromatic N) is 4. The van der Waals surface area contributed by atoms with Crippen molar-refractivity contribution in [1.82, 2.24) is 14.9 Å². The molecule has 2 aromatic carbocycles. The first-order valence-electron chi connectivity index (χ1n) is 7.69. The van der Waals surface area contributed by atoms with Crippen LogP contribution in [0.5, 0.6) is 5.75 Å². The molecule has 0 saturated carbocycles. The second-order valence-corrected chi connectivity index (χ2v) is 7.08. The first kappa shape index (κ1) is 15.0. The molecule has 0 spiro atoms. The number of phenols is 1. The topological polar surface area (TPSA) is 63.3 Å². The van der Waals surface area contributed by atoms with E-state index in [1.807, 2.05) is 24.3 Å². The Kier molecular flexibility index (Phi) is 3.61. The summed E-state index contributed by atoms with van der Waals surface area (Å²) in [4.78, 5) is 0. The van der Waals surface area contributed by atoms with Gasteiger partial charge >= 0.3 is 0 Å². The summed E-state index contributed by atoms with van der Waals surface area (Å²) >= 11 is 1.63. The van der Waals surface area contributed by atoms with Crippen molar-refractivity contribution in [3.05, 3.63) is 59.7 Å². The van der Waals surface area contributed by atoms with Crippen molar-refractivity contribution in [3.8, 4) is 17.1 Å². The van der Waals surface area contributed by atoms with E-state index in [1.165, 1.54) is 5.56 Å². The average molecular weight is 336 g/mol. The lowest BCUT2D eigenvalue weighted by atomic mass is 10.1. The van der Waals surface area contributed by atoms with Crippen LogP contribution in [0.3, 0.4) is 0 Å². The number of rotatable bonds is 2. The Morgan fingerprint density at radius 1 is 0.958 bits per heavy atom. The molecule has 1 N–H and O–H groups in total. The first-order valence-corrected chi connectivity index (χ1v) is 8.57. The summed E-state index contributed by atoms with van der Waals surface area (Å²) < 4.78 is 1.80. The lowest BCUT2D eigenvalue weighted by Gasteiger charge is -2.20. The quantitative estimate of drug-likeness (QED) is 0.775. The zero-order valence-electron chi connectivity index (χ0n) is 13.3. The van der Waals surface area contributed by atoms with Gasteiger partial charge in [0.05, 0.1) is 11.0 Å². The Hall–Kier alpha value is -2.60. The summed E-state index contributed by atoms with van der Waals surface area (Å²) in [5.41, 5.74) is 4.12. The van der Waals surface area contributed by atoms with Gasteiger partial charge in [-0.3, -0.25) is 0 Å². The number of aryl methyl sites for hydroxylation is 1. The maximum absolute atomic E-state index is 9.49. The zero-order chi connectivity index (χ0) is 16.7. The fourth-order valence-corrected chi connectivity index (χ4v) is 3.57. The monoisotopic (exact) mass is 336 g/mol. The third kappa shape index (κ3) is 2.59. The number of hydrogen-bond donors (Lipinski definition) is 1. The van der Waals surface area contributed by atoms with Crippen molar-refractivity contribution in [2.24, 2.45) is 5.10 Å². The Morgan fingerprint density at radius 3 is 2.33 bits per heavy atom. The summed E-state index contributed by atoms with van der Waals surface area (Å²) in [7, 11) is 0. The van der Waals surface area contributed by atoms with Gasteiger partial charge in [0.25, 0.3) is 0 Å². The minimum Gasteiger partial charge on any atom is -0.508 e. The van der Waals surface area contributed by atoms with Crippen LogP contribution in [0.15, 0.2) is 58.8 Å². The second-order valence-electron chi connectivity index (χ2n) is 5.78. The van der Waals surface area contributed by atoms with Gasteiger partial charge in [-0.25, -0.2) is 0 Å². The van der Waals surface area contributed by atoms with Crippen LogP contribution in [-0.4, -0.2) is 30.9 Å². The minimum atomic E-state index is 0.164. The van der Waals surface area contributed by atoms with Crippen LogP contribution in [-0.2, 0) is 0 Å². The van der Waals surface area contributed by atoms with Gasteiger partial charge in [0, 0.05) is 5.56 Å². The van der Waals surface area contributed by atoms with E-state index < -0.39 is 0 Å². The highest BCUT2D eigenvalue weighted by Gasteiger charge is 2.26. The lowest BCUT2D eigenvalue weighted by molar-refractivity contribution is 0.475. The van der Waals surface area contributed by atoms with Crippen molar-refractivity contribution < 1.29 is 5.11 Å². The molecule has 0 unspecified atom stereocenters. The van der Waals surface area contributed by atoms with Gasteiger partial charge < -0.3 is 5.11 Å². The highest BCUT2D eigenvalue weighted by atomic mass is 32.2. The Labute approximate surface area is 144 Å². The van der Waals surface area contributed by atoms with Gasteiger partial charge in [-0.2, -0.15) is 9.78 Å². The number of phenolic OH excluding ortho intramolecular Hbond substituents is 1. The maximum Gasteiger partial charge on any atom is 0.213 e. The van der Waals surface area contributed by atoms with E-state index in [-0.39, 0.29) is 11.0 Å². The summed E-state index contributed by atoms with van der Waals surface area (Å²) in [6.07, 6.45) is 0. The molecule has 2 heterocycles. The van der Waals surface area contributed by atoms with Crippen LogP contribution in [0.4, 0.5) is 0 Å². The molecule has 0 bridgehead atoms. The van der Waals surface area contributed by atoms with E-state index in [1.54, 1.807) is 28.6 Å².